The number of aromatic nitrogens is 1. The molecule has 4 rings (SSSR count). The molecule has 1 aromatic heterocycles. The third kappa shape index (κ3) is 5.09. The molecule has 7 heteroatoms. The molecule has 2 aliphatic heterocycles. The molecule has 1 saturated heterocycles. The van der Waals surface area contributed by atoms with Crippen LogP contribution >= 0.6 is 0 Å². The smallest absolute Gasteiger partial charge is 0.278 e. The van der Waals surface area contributed by atoms with Crippen molar-refractivity contribution in [2.45, 2.75) is 46.4 Å². The summed E-state index contributed by atoms with van der Waals surface area (Å²) in [5.74, 6) is 0.564. The van der Waals surface area contributed by atoms with Crippen molar-refractivity contribution in [3.8, 4) is 5.75 Å². The second-order valence-electron chi connectivity index (χ2n) is 9.13. The molecule has 1 aromatic carbocycles. The highest BCUT2D eigenvalue weighted by Gasteiger charge is 2.43. The minimum Gasteiger partial charge on any atom is -0.493 e. The zero-order valence-electron chi connectivity index (χ0n) is 19.7. The third-order valence-electron chi connectivity index (χ3n) is 5.65. The number of carbonyl (C=O) groups excluding carboxylic acids is 2. The molecule has 1 fully saturated rings. The molecule has 3 heterocycles. The number of carbonyl (C=O) groups is 2. The van der Waals surface area contributed by atoms with Crippen molar-refractivity contribution in [3.63, 3.8) is 0 Å². The maximum atomic E-state index is 13.6. The predicted octanol–water partition coefficient (Wildman–Crippen LogP) is 3.51. The van der Waals surface area contributed by atoms with Crippen LogP contribution < -0.4 is 4.74 Å². The summed E-state index contributed by atoms with van der Waals surface area (Å²) in [5.41, 5.74) is 2.23. The number of imide groups is 1. The van der Waals surface area contributed by atoms with Gasteiger partial charge in [0.25, 0.3) is 11.8 Å². The van der Waals surface area contributed by atoms with Gasteiger partial charge in [0.15, 0.2) is 0 Å². The lowest BCUT2D eigenvalue weighted by Gasteiger charge is -2.37. The van der Waals surface area contributed by atoms with Gasteiger partial charge in [-0.15, -0.1) is 0 Å². The van der Waals surface area contributed by atoms with E-state index in [1.54, 1.807) is 6.20 Å². The molecule has 2 atom stereocenters. The standard InChI is InChI=1S/C26H31N3O4/c1-17(2)16-32-22-10-8-20(9-11-22)23-24(28-13-18(3)33-19(4)14-28)26(31)29(25(23)30)15-21-7-5-6-12-27-21/h5-12,17-19H,13-16H2,1-4H3. The van der Waals surface area contributed by atoms with Crippen molar-refractivity contribution in [3.05, 3.63) is 65.6 Å². The van der Waals surface area contributed by atoms with Gasteiger partial charge in [0.05, 0.1) is 36.6 Å². The number of ether oxygens (including phenoxy) is 2. The van der Waals surface area contributed by atoms with Crippen LogP contribution in [0.2, 0.25) is 0 Å². The van der Waals surface area contributed by atoms with Gasteiger partial charge in [-0.3, -0.25) is 19.5 Å². The van der Waals surface area contributed by atoms with Gasteiger partial charge in [-0.25, -0.2) is 0 Å². The third-order valence-corrected chi connectivity index (χ3v) is 5.65. The number of morpholine rings is 1. The molecule has 2 aromatic rings. The lowest BCUT2D eigenvalue weighted by Crippen LogP contribution is -2.46. The van der Waals surface area contributed by atoms with Crippen LogP contribution in [0.3, 0.4) is 0 Å². The van der Waals surface area contributed by atoms with Crippen LogP contribution in [-0.2, 0) is 20.9 Å². The Bertz CT molecular complexity index is 1020. The Morgan fingerprint density at radius 2 is 1.73 bits per heavy atom. The van der Waals surface area contributed by atoms with E-state index in [-0.39, 0.29) is 30.6 Å². The largest absolute Gasteiger partial charge is 0.493 e. The number of amides is 2. The summed E-state index contributed by atoms with van der Waals surface area (Å²) in [6.07, 6.45) is 1.58. The van der Waals surface area contributed by atoms with Crippen LogP contribution in [0.5, 0.6) is 5.75 Å². The average molecular weight is 450 g/mol. The van der Waals surface area contributed by atoms with E-state index in [1.165, 1.54) is 4.90 Å². The van der Waals surface area contributed by atoms with E-state index in [0.29, 0.717) is 48.1 Å². The molecule has 7 nitrogen and oxygen atoms in total. The van der Waals surface area contributed by atoms with Crippen molar-refractivity contribution in [2.75, 3.05) is 19.7 Å². The second-order valence-corrected chi connectivity index (χ2v) is 9.13. The Labute approximate surface area is 195 Å². The summed E-state index contributed by atoms with van der Waals surface area (Å²) in [6, 6.07) is 12.9. The Morgan fingerprint density at radius 1 is 1.03 bits per heavy atom. The van der Waals surface area contributed by atoms with Crippen LogP contribution in [0.1, 0.15) is 39.0 Å². The Balaban J connectivity index is 1.69. The van der Waals surface area contributed by atoms with Gasteiger partial charge in [0.1, 0.15) is 11.4 Å². The SMILES string of the molecule is CC(C)COc1ccc(C2=C(N3CC(C)OC(C)C3)C(=O)N(Cc3ccccn3)C2=O)cc1. The van der Waals surface area contributed by atoms with Crippen LogP contribution in [0, 0.1) is 5.92 Å². The normalized spacial score (nSPS) is 21.4. The summed E-state index contributed by atoms with van der Waals surface area (Å²) >= 11 is 0. The van der Waals surface area contributed by atoms with E-state index < -0.39 is 0 Å². The van der Waals surface area contributed by atoms with E-state index in [9.17, 15) is 9.59 Å². The zero-order chi connectivity index (χ0) is 23.5. The van der Waals surface area contributed by atoms with E-state index >= 15 is 0 Å². The summed E-state index contributed by atoms with van der Waals surface area (Å²) in [6.45, 7) is 10.0. The van der Waals surface area contributed by atoms with E-state index in [0.717, 1.165) is 5.75 Å². The van der Waals surface area contributed by atoms with Gasteiger partial charge >= 0.3 is 0 Å². The summed E-state index contributed by atoms with van der Waals surface area (Å²) in [5, 5.41) is 0. The lowest BCUT2D eigenvalue weighted by molar-refractivity contribution is -0.139. The van der Waals surface area contributed by atoms with E-state index in [1.807, 2.05) is 61.2 Å². The van der Waals surface area contributed by atoms with Crippen LogP contribution in [-0.4, -0.2) is 58.5 Å². The topological polar surface area (TPSA) is 72.0 Å². The molecule has 0 N–H and O–H groups in total. The molecule has 0 aliphatic carbocycles. The molecular formula is C26H31N3O4. The van der Waals surface area contributed by atoms with Crippen molar-refractivity contribution in [1.82, 2.24) is 14.8 Å². The monoisotopic (exact) mass is 449 g/mol. The van der Waals surface area contributed by atoms with Crippen molar-refractivity contribution in [2.24, 2.45) is 5.92 Å². The minimum absolute atomic E-state index is 0.0398. The molecule has 2 unspecified atom stereocenters. The molecule has 33 heavy (non-hydrogen) atoms. The van der Waals surface area contributed by atoms with Gasteiger partial charge in [-0.1, -0.05) is 32.0 Å². The highest BCUT2D eigenvalue weighted by Crippen LogP contribution is 2.34. The van der Waals surface area contributed by atoms with Crippen LogP contribution in [0.15, 0.2) is 54.4 Å². The number of rotatable bonds is 7. The van der Waals surface area contributed by atoms with Crippen molar-refractivity contribution < 1.29 is 19.1 Å². The van der Waals surface area contributed by atoms with E-state index in [2.05, 4.69) is 18.8 Å². The number of hydrogen-bond donors (Lipinski definition) is 0. The maximum Gasteiger partial charge on any atom is 0.278 e. The molecule has 0 spiro atoms. The second kappa shape index (κ2) is 9.75. The Hall–Kier alpha value is -3.19. The average Bonchev–Trinajstić information content (AvgIpc) is 3.03. The van der Waals surface area contributed by atoms with Gasteiger partial charge in [-0.2, -0.15) is 0 Å². The number of pyridine rings is 1. The fraction of sp³-hybridized carbons (Fsp3) is 0.423. The molecule has 2 amide bonds. The summed E-state index contributed by atoms with van der Waals surface area (Å²) < 4.78 is 11.7. The molecule has 0 bridgehead atoms. The van der Waals surface area contributed by atoms with Crippen molar-refractivity contribution in [1.29, 1.82) is 0 Å². The Kier molecular flexibility index (Phi) is 6.79. The molecule has 174 valence electrons. The summed E-state index contributed by atoms with van der Waals surface area (Å²) in [7, 11) is 0. The first-order valence-electron chi connectivity index (χ1n) is 11.5. The highest BCUT2D eigenvalue weighted by atomic mass is 16.5. The zero-order valence-corrected chi connectivity index (χ0v) is 19.7. The molecule has 2 aliphatic rings. The van der Waals surface area contributed by atoms with Gasteiger partial charge < -0.3 is 14.4 Å². The first kappa shape index (κ1) is 23.0. The molecule has 0 saturated carbocycles. The fourth-order valence-corrected chi connectivity index (χ4v) is 4.26. The van der Waals surface area contributed by atoms with Gasteiger partial charge in [0, 0.05) is 19.3 Å². The first-order chi connectivity index (χ1) is 15.8. The maximum absolute atomic E-state index is 13.6. The molecular weight excluding hydrogens is 418 g/mol. The minimum atomic E-state index is -0.303. The van der Waals surface area contributed by atoms with Crippen LogP contribution in [0.4, 0.5) is 0 Å². The quantitative estimate of drug-likeness (QED) is 0.603. The molecule has 0 radical (unpaired) electrons. The Morgan fingerprint density at radius 3 is 2.33 bits per heavy atom. The van der Waals surface area contributed by atoms with Crippen molar-refractivity contribution >= 4 is 17.4 Å². The number of hydrogen-bond acceptors (Lipinski definition) is 6. The van der Waals surface area contributed by atoms with E-state index in [4.69, 9.17) is 9.47 Å². The highest BCUT2D eigenvalue weighted by molar-refractivity contribution is 6.35. The predicted molar refractivity (Wildman–Crippen MR) is 125 cm³/mol. The number of nitrogens with zero attached hydrogens (tertiary/aromatic N) is 3. The van der Waals surface area contributed by atoms with Crippen LogP contribution in [0.25, 0.3) is 5.57 Å². The number of benzene rings is 1. The van der Waals surface area contributed by atoms with Gasteiger partial charge in [0.2, 0.25) is 0 Å². The fourth-order valence-electron chi connectivity index (χ4n) is 4.26. The van der Waals surface area contributed by atoms with Gasteiger partial charge in [-0.05, 0) is 49.6 Å². The summed E-state index contributed by atoms with van der Waals surface area (Å²) in [4.78, 5) is 34.7. The lowest BCUT2D eigenvalue weighted by atomic mass is 10.0. The first-order valence-corrected chi connectivity index (χ1v) is 11.5.